The van der Waals surface area contributed by atoms with Crippen LogP contribution in [0.5, 0.6) is 5.75 Å². The number of anilines is 1. The molecular formula is C22H23F2N3O3. The first-order chi connectivity index (χ1) is 14.5. The van der Waals surface area contributed by atoms with Gasteiger partial charge in [0, 0.05) is 11.9 Å². The number of carbonyl (C=O) groups excluding carboxylic acids is 1. The van der Waals surface area contributed by atoms with Crippen molar-refractivity contribution in [3.8, 4) is 5.75 Å². The van der Waals surface area contributed by atoms with Crippen LogP contribution >= 0.6 is 0 Å². The Kier molecular flexibility index (Phi) is 7.11. The molecule has 0 unspecified atom stereocenters. The van der Waals surface area contributed by atoms with Crippen LogP contribution in [-0.2, 0) is 6.54 Å². The number of fused-ring (bicyclic) bond motifs is 1. The van der Waals surface area contributed by atoms with E-state index in [1.165, 1.54) is 22.9 Å². The fourth-order valence-electron chi connectivity index (χ4n) is 3.19. The van der Waals surface area contributed by atoms with Gasteiger partial charge in [-0.3, -0.25) is 9.59 Å². The molecule has 3 rings (SSSR count). The number of benzene rings is 2. The maximum atomic E-state index is 13.0. The molecule has 8 heteroatoms. The Labute approximate surface area is 172 Å². The topological polar surface area (TPSA) is 73.2 Å². The number of carbonyl (C=O) groups is 1. The van der Waals surface area contributed by atoms with Gasteiger partial charge in [-0.1, -0.05) is 56.5 Å². The number of aryl methyl sites for hydroxylation is 1. The summed E-state index contributed by atoms with van der Waals surface area (Å²) in [5, 5.41) is 7.64. The van der Waals surface area contributed by atoms with Crippen LogP contribution in [0.25, 0.3) is 10.8 Å². The first-order valence-corrected chi connectivity index (χ1v) is 9.86. The highest BCUT2D eigenvalue weighted by Crippen LogP contribution is 2.26. The number of rotatable bonds is 9. The van der Waals surface area contributed by atoms with Crippen molar-refractivity contribution in [1.82, 2.24) is 9.78 Å². The van der Waals surface area contributed by atoms with Crippen molar-refractivity contribution < 1.29 is 18.3 Å². The number of aromatic nitrogens is 2. The van der Waals surface area contributed by atoms with Crippen LogP contribution in [0.15, 0.2) is 53.3 Å². The van der Waals surface area contributed by atoms with Crippen LogP contribution in [0, 0.1) is 0 Å². The number of unbranched alkanes of at least 4 members (excludes halogenated alkanes) is 3. The monoisotopic (exact) mass is 415 g/mol. The number of nitrogens with one attached hydrogen (secondary N) is 1. The Hall–Kier alpha value is -3.29. The summed E-state index contributed by atoms with van der Waals surface area (Å²) in [4.78, 5) is 25.7. The van der Waals surface area contributed by atoms with Crippen LogP contribution in [-0.4, -0.2) is 22.3 Å². The van der Waals surface area contributed by atoms with Crippen molar-refractivity contribution in [1.29, 1.82) is 0 Å². The number of nitrogens with zero attached hydrogens (tertiary/aromatic N) is 2. The maximum Gasteiger partial charge on any atom is 0.387 e. The van der Waals surface area contributed by atoms with Gasteiger partial charge < -0.3 is 10.1 Å². The number of halogens is 2. The molecule has 0 atom stereocenters. The van der Waals surface area contributed by atoms with E-state index in [9.17, 15) is 18.4 Å². The molecular weight excluding hydrogens is 392 g/mol. The van der Waals surface area contributed by atoms with Gasteiger partial charge in [0.25, 0.3) is 11.5 Å². The molecule has 0 aliphatic rings. The normalized spacial score (nSPS) is 11.1. The van der Waals surface area contributed by atoms with E-state index in [1.807, 2.05) is 0 Å². The second kappa shape index (κ2) is 9.96. The van der Waals surface area contributed by atoms with Gasteiger partial charge in [0.15, 0.2) is 5.69 Å². The molecule has 0 aliphatic heterocycles. The van der Waals surface area contributed by atoms with E-state index in [4.69, 9.17) is 0 Å². The Morgan fingerprint density at radius 1 is 1.07 bits per heavy atom. The van der Waals surface area contributed by atoms with Gasteiger partial charge in [0.05, 0.1) is 11.1 Å². The molecule has 3 aromatic rings. The molecule has 30 heavy (non-hydrogen) atoms. The lowest BCUT2D eigenvalue weighted by molar-refractivity contribution is -0.0493. The average Bonchev–Trinajstić information content (AvgIpc) is 2.73. The molecule has 1 amide bonds. The Morgan fingerprint density at radius 2 is 1.77 bits per heavy atom. The molecule has 2 aromatic carbocycles. The number of ether oxygens (including phenoxy) is 1. The lowest BCUT2D eigenvalue weighted by Crippen LogP contribution is -2.28. The summed E-state index contributed by atoms with van der Waals surface area (Å²) in [6.45, 7) is -0.528. The number of para-hydroxylation sites is 2. The van der Waals surface area contributed by atoms with Gasteiger partial charge in [-0.15, -0.1) is 0 Å². The second-order valence-corrected chi connectivity index (χ2v) is 6.81. The molecule has 1 aromatic heterocycles. The first kappa shape index (κ1) is 21.4. The van der Waals surface area contributed by atoms with Crippen molar-refractivity contribution in [2.24, 2.45) is 0 Å². The zero-order chi connectivity index (χ0) is 21.5. The number of alkyl halides is 2. The van der Waals surface area contributed by atoms with Gasteiger partial charge in [-0.05, 0) is 24.6 Å². The van der Waals surface area contributed by atoms with Gasteiger partial charge in [0.1, 0.15) is 5.75 Å². The maximum absolute atomic E-state index is 13.0. The van der Waals surface area contributed by atoms with Crippen molar-refractivity contribution in [3.05, 3.63) is 64.6 Å². The molecule has 1 heterocycles. The van der Waals surface area contributed by atoms with E-state index in [1.54, 1.807) is 30.3 Å². The third-order valence-corrected chi connectivity index (χ3v) is 4.66. The summed E-state index contributed by atoms with van der Waals surface area (Å²) in [6.07, 6.45) is 3.84. The smallest absolute Gasteiger partial charge is 0.387 e. The minimum Gasteiger partial charge on any atom is -0.433 e. The number of hydrogen-bond donors (Lipinski definition) is 1. The molecule has 0 radical (unpaired) electrons. The quantitative estimate of drug-likeness (QED) is 0.508. The van der Waals surface area contributed by atoms with E-state index in [0.29, 0.717) is 17.3 Å². The summed E-state index contributed by atoms with van der Waals surface area (Å²) >= 11 is 0. The average molecular weight is 415 g/mol. The molecule has 158 valence electrons. The van der Waals surface area contributed by atoms with Crippen LogP contribution in [0.1, 0.15) is 43.1 Å². The zero-order valence-electron chi connectivity index (χ0n) is 16.6. The van der Waals surface area contributed by atoms with E-state index in [2.05, 4.69) is 22.1 Å². The van der Waals surface area contributed by atoms with Crippen molar-refractivity contribution in [2.75, 3.05) is 5.32 Å². The molecule has 1 N–H and O–H groups in total. The predicted octanol–water partition coefficient (Wildman–Crippen LogP) is 4.83. The largest absolute Gasteiger partial charge is 0.433 e. The Balaban J connectivity index is 1.95. The highest BCUT2D eigenvalue weighted by atomic mass is 19.3. The SMILES string of the molecule is CCCCCCn1nc(C(=O)Nc2ccccc2OC(F)F)c2ccccc2c1=O. The van der Waals surface area contributed by atoms with Crippen LogP contribution in [0.2, 0.25) is 0 Å². The first-order valence-electron chi connectivity index (χ1n) is 9.86. The summed E-state index contributed by atoms with van der Waals surface area (Å²) in [6, 6.07) is 12.6. The fraction of sp³-hybridized carbons (Fsp3) is 0.318. The van der Waals surface area contributed by atoms with Crippen LogP contribution < -0.4 is 15.6 Å². The molecule has 6 nitrogen and oxygen atoms in total. The lowest BCUT2D eigenvalue weighted by Gasteiger charge is -2.13. The minimum absolute atomic E-state index is 0.0486. The summed E-state index contributed by atoms with van der Waals surface area (Å²) in [7, 11) is 0. The number of hydrogen-bond acceptors (Lipinski definition) is 4. The van der Waals surface area contributed by atoms with E-state index >= 15 is 0 Å². The second-order valence-electron chi connectivity index (χ2n) is 6.81. The third-order valence-electron chi connectivity index (χ3n) is 4.66. The molecule has 0 fully saturated rings. The summed E-state index contributed by atoms with van der Waals surface area (Å²) in [5.41, 5.74) is -0.123. The number of amides is 1. The molecule has 0 aliphatic carbocycles. The predicted molar refractivity (Wildman–Crippen MR) is 111 cm³/mol. The highest BCUT2D eigenvalue weighted by Gasteiger charge is 2.19. The van der Waals surface area contributed by atoms with E-state index < -0.39 is 12.5 Å². The molecule has 0 spiro atoms. The van der Waals surface area contributed by atoms with Gasteiger partial charge in [-0.2, -0.15) is 13.9 Å². The van der Waals surface area contributed by atoms with Crippen molar-refractivity contribution >= 4 is 22.4 Å². The lowest BCUT2D eigenvalue weighted by atomic mass is 10.1. The zero-order valence-corrected chi connectivity index (χ0v) is 16.6. The fourth-order valence-corrected chi connectivity index (χ4v) is 3.19. The van der Waals surface area contributed by atoms with Crippen molar-refractivity contribution in [2.45, 2.75) is 45.8 Å². The molecule has 0 saturated heterocycles. The van der Waals surface area contributed by atoms with E-state index in [-0.39, 0.29) is 22.7 Å². The third kappa shape index (κ3) is 5.00. The molecule has 0 bridgehead atoms. The van der Waals surface area contributed by atoms with Gasteiger partial charge >= 0.3 is 6.61 Å². The highest BCUT2D eigenvalue weighted by molar-refractivity contribution is 6.11. The summed E-state index contributed by atoms with van der Waals surface area (Å²) in [5.74, 6) is -0.767. The van der Waals surface area contributed by atoms with Crippen LogP contribution in [0.3, 0.4) is 0 Å². The van der Waals surface area contributed by atoms with Crippen molar-refractivity contribution in [3.63, 3.8) is 0 Å². The van der Waals surface area contributed by atoms with E-state index in [0.717, 1.165) is 25.7 Å². The van der Waals surface area contributed by atoms with Gasteiger partial charge in [-0.25, -0.2) is 4.68 Å². The van der Waals surface area contributed by atoms with Gasteiger partial charge in [0.2, 0.25) is 0 Å². The Bertz CT molecular complexity index is 1080. The molecule has 0 saturated carbocycles. The van der Waals surface area contributed by atoms with Crippen LogP contribution in [0.4, 0.5) is 14.5 Å². The minimum atomic E-state index is -3.02. The summed E-state index contributed by atoms with van der Waals surface area (Å²) < 4.78 is 31.1. The standard InChI is InChI=1S/C22H23F2N3O3/c1-2-3-4-9-14-27-21(29)16-11-6-5-10-15(16)19(26-27)20(28)25-17-12-7-8-13-18(17)30-22(23)24/h5-8,10-13,22H,2-4,9,14H2,1H3,(H,25,28). The Morgan fingerprint density at radius 3 is 2.50 bits per heavy atom.